The topological polar surface area (TPSA) is 91.3 Å². The fourth-order valence-electron chi connectivity index (χ4n) is 2.36. The molecule has 0 aliphatic carbocycles. The van der Waals surface area contributed by atoms with Gasteiger partial charge in [-0.25, -0.2) is 4.79 Å². The number of alkyl halides is 3. The summed E-state index contributed by atoms with van der Waals surface area (Å²) in [5.41, 5.74) is -1.44. The minimum atomic E-state index is -4.99. The van der Waals surface area contributed by atoms with E-state index in [0.29, 0.717) is 5.56 Å². The predicted molar refractivity (Wildman–Crippen MR) is 110 cm³/mol. The molecule has 0 aliphatic rings. The van der Waals surface area contributed by atoms with E-state index in [0.717, 1.165) is 12.1 Å². The number of carbonyl (C=O) groups is 1. The third-order valence-electron chi connectivity index (χ3n) is 3.92. The zero-order valence-corrected chi connectivity index (χ0v) is 18.0. The average Bonchev–Trinajstić information content (AvgIpc) is 2.71. The molecular formula is C21H20F3NO6S. The Morgan fingerprint density at radius 2 is 1.69 bits per heavy atom. The number of nitrogens with zero attached hydrogens (tertiary/aromatic N) is 1. The van der Waals surface area contributed by atoms with E-state index in [9.17, 15) is 26.4 Å². The Labute approximate surface area is 183 Å². The molecule has 2 aromatic carbocycles. The lowest BCUT2D eigenvalue weighted by molar-refractivity contribution is -0.139. The molecule has 2 rings (SSSR count). The second-order valence-electron chi connectivity index (χ2n) is 6.52. The third kappa shape index (κ3) is 6.84. The molecule has 0 heterocycles. The number of carbonyl (C=O) groups excluding carboxylic acids is 1. The summed E-state index contributed by atoms with van der Waals surface area (Å²) in [7, 11) is -4.55. The minimum Gasteiger partial charge on any atom is -0.490 e. The first kappa shape index (κ1) is 24.9. The number of oxime groups is 1. The monoisotopic (exact) mass is 471 g/mol. The first-order valence-electron chi connectivity index (χ1n) is 9.12. The number of hydrogen-bond acceptors (Lipinski definition) is 7. The lowest BCUT2D eigenvalue weighted by Gasteiger charge is -2.12. The molecule has 0 spiro atoms. The molecule has 11 heteroatoms. The van der Waals surface area contributed by atoms with Crippen LogP contribution in [-0.2, 0) is 23.9 Å². The number of hydrogen-bond donors (Lipinski definition) is 0. The van der Waals surface area contributed by atoms with Crippen LogP contribution in [0.3, 0.4) is 0 Å². The number of aryl methyl sites for hydroxylation is 1. The van der Waals surface area contributed by atoms with Crippen LogP contribution in [0.25, 0.3) is 0 Å². The third-order valence-corrected chi connectivity index (χ3v) is 5.19. The van der Waals surface area contributed by atoms with Crippen molar-refractivity contribution in [2.45, 2.75) is 24.9 Å². The molecule has 0 bridgehead atoms. The lowest BCUT2D eigenvalue weighted by atomic mass is 10.1. The quantitative estimate of drug-likeness (QED) is 0.179. The molecular weight excluding hydrogens is 451 g/mol. The van der Waals surface area contributed by atoms with E-state index in [1.165, 1.54) is 44.2 Å². The molecule has 32 heavy (non-hydrogen) atoms. The zero-order chi connectivity index (χ0) is 23.9. The number of benzene rings is 2. The summed E-state index contributed by atoms with van der Waals surface area (Å²) in [6.45, 7) is 6.27. The summed E-state index contributed by atoms with van der Waals surface area (Å²) in [6, 6.07) is 10.2. The van der Waals surface area contributed by atoms with Crippen molar-refractivity contribution in [3.63, 3.8) is 0 Å². The highest BCUT2D eigenvalue weighted by atomic mass is 32.2. The predicted octanol–water partition coefficient (Wildman–Crippen LogP) is 4.17. The van der Waals surface area contributed by atoms with Gasteiger partial charge >= 0.3 is 22.3 Å². The molecule has 0 fully saturated rings. The SMILES string of the molecule is C=C(C)C(=O)OCCOc1ccc(C(=NOS(=O)(=O)c2ccccc2C)C(F)(F)F)cc1. The van der Waals surface area contributed by atoms with Crippen molar-refractivity contribution in [2.75, 3.05) is 13.2 Å². The van der Waals surface area contributed by atoms with Crippen molar-refractivity contribution in [3.8, 4) is 5.75 Å². The molecule has 172 valence electrons. The molecule has 2 aromatic rings. The summed E-state index contributed by atoms with van der Waals surface area (Å²) in [5.74, 6) is -0.384. The maximum Gasteiger partial charge on any atom is 0.437 e. The highest BCUT2D eigenvalue weighted by Gasteiger charge is 2.38. The molecule has 7 nitrogen and oxygen atoms in total. The van der Waals surface area contributed by atoms with Crippen LogP contribution in [0.15, 0.2) is 70.7 Å². The van der Waals surface area contributed by atoms with Gasteiger partial charge in [0.2, 0.25) is 0 Å². The van der Waals surface area contributed by atoms with Gasteiger partial charge in [0.25, 0.3) is 0 Å². The van der Waals surface area contributed by atoms with Crippen LogP contribution in [0, 0.1) is 6.92 Å². The van der Waals surface area contributed by atoms with E-state index in [4.69, 9.17) is 9.47 Å². The second kappa shape index (κ2) is 10.3. The van der Waals surface area contributed by atoms with Crippen LogP contribution >= 0.6 is 0 Å². The van der Waals surface area contributed by atoms with Gasteiger partial charge < -0.3 is 9.47 Å². The Morgan fingerprint density at radius 1 is 1.06 bits per heavy atom. The summed E-state index contributed by atoms with van der Waals surface area (Å²) in [5, 5.41) is 2.89. The van der Waals surface area contributed by atoms with Crippen molar-refractivity contribution in [1.29, 1.82) is 0 Å². The van der Waals surface area contributed by atoms with Gasteiger partial charge in [-0.15, -0.1) is 0 Å². The van der Waals surface area contributed by atoms with Gasteiger partial charge in [0, 0.05) is 11.1 Å². The molecule has 0 radical (unpaired) electrons. The van der Waals surface area contributed by atoms with Crippen molar-refractivity contribution in [1.82, 2.24) is 0 Å². The summed E-state index contributed by atoms with van der Waals surface area (Å²) >= 11 is 0. The van der Waals surface area contributed by atoms with Gasteiger partial charge in [-0.2, -0.15) is 21.6 Å². The summed E-state index contributed by atoms with van der Waals surface area (Å²) in [4.78, 5) is 11.0. The van der Waals surface area contributed by atoms with Gasteiger partial charge in [-0.1, -0.05) is 29.9 Å². The summed E-state index contributed by atoms with van der Waals surface area (Å²) in [6.07, 6.45) is -4.99. The minimum absolute atomic E-state index is 0.0314. The molecule has 0 N–H and O–H groups in total. The van der Waals surface area contributed by atoms with E-state index in [1.54, 1.807) is 6.07 Å². The van der Waals surface area contributed by atoms with E-state index in [-0.39, 0.29) is 29.4 Å². The molecule has 0 saturated heterocycles. The van der Waals surface area contributed by atoms with Crippen LogP contribution in [0.4, 0.5) is 13.2 Å². The molecule has 0 amide bonds. The molecule has 0 atom stereocenters. The number of halogens is 3. The second-order valence-corrected chi connectivity index (χ2v) is 8.02. The molecule has 0 unspecified atom stereocenters. The molecule has 0 saturated carbocycles. The van der Waals surface area contributed by atoms with E-state index < -0.39 is 33.5 Å². The van der Waals surface area contributed by atoms with Gasteiger partial charge in [-0.3, -0.25) is 4.28 Å². The van der Waals surface area contributed by atoms with E-state index in [2.05, 4.69) is 16.0 Å². The van der Waals surface area contributed by atoms with Crippen molar-refractivity contribution in [3.05, 3.63) is 71.8 Å². The maximum absolute atomic E-state index is 13.5. The number of rotatable bonds is 9. The highest BCUT2D eigenvalue weighted by Crippen LogP contribution is 2.26. The first-order chi connectivity index (χ1) is 14.9. The number of esters is 1. The Kier molecular flexibility index (Phi) is 8.03. The van der Waals surface area contributed by atoms with Crippen LogP contribution in [0.5, 0.6) is 5.75 Å². The number of ether oxygens (including phenoxy) is 2. The standard InChI is InChI=1S/C21H20F3NO6S/c1-14(2)20(26)30-13-12-29-17-10-8-16(9-11-17)19(21(22,23)24)25-31-32(27,28)18-7-5-4-6-15(18)3/h4-11H,1,12-13H2,2-3H3. The van der Waals surface area contributed by atoms with Gasteiger partial charge in [0.1, 0.15) is 23.9 Å². The van der Waals surface area contributed by atoms with Gasteiger partial charge in [0.05, 0.1) is 0 Å². The van der Waals surface area contributed by atoms with Crippen molar-refractivity contribution < 1.29 is 40.1 Å². The average molecular weight is 471 g/mol. The van der Waals surface area contributed by atoms with E-state index in [1.807, 2.05) is 0 Å². The molecule has 0 aliphatic heterocycles. The summed E-state index contributed by atoms with van der Waals surface area (Å²) < 4.78 is 79.3. The zero-order valence-electron chi connectivity index (χ0n) is 17.2. The van der Waals surface area contributed by atoms with Crippen LogP contribution in [0.1, 0.15) is 18.1 Å². The Bertz CT molecular complexity index is 1110. The Hall–Kier alpha value is -3.34. The molecule has 0 aromatic heterocycles. The van der Waals surface area contributed by atoms with Gasteiger partial charge in [-0.05, 0) is 49.7 Å². The maximum atomic E-state index is 13.5. The van der Waals surface area contributed by atoms with Crippen LogP contribution < -0.4 is 4.74 Å². The normalized spacial score (nSPS) is 12.2. The lowest BCUT2D eigenvalue weighted by Crippen LogP contribution is -2.25. The smallest absolute Gasteiger partial charge is 0.437 e. The van der Waals surface area contributed by atoms with Crippen molar-refractivity contribution in [2.24, 2.45) is 5.16 Å². The van der Waals surface area contributed by atoms with Gasteiger partial charge in [0.15, 0.2) is 5.71 Å². The van der Waals surface area contributed by atoms with Crippen LogP contribution in [0.2, 0.25) is 0 Å². The first-order valence-corrected chi connectivity index (χ1v) is 10.5. The fraction of sp³-hybridized carbons (Fsp3) is 0.238. The van der Waals surface area contributed by atoms with Crippen LogP contribution in [-0.4, -0.2) is 39.5 Å². The highest BCUT2D eigenvalue weighted by molar-refractivity contribution is 7.86. The Balaban J connectivity index is 2.14. The Morgan fingerprint density at radius 3 is 2.25 bits per heavy atom. The van der Waals surface area contributed by atoms with E-state index >= 15 is 0 Å². The fourth-order valence-corrected chi connectivity index (χ4v) is 3.32. The largest absolute Gasteiger partial charge is 0.490 e. The van der Waals surface area contributed by atoms with Crippen molar-refractivity contribution >= 4 is 21.8 Å².